The molecule has 0 bridgehead atoms. The van der Waals surface area contributed by atoms with E-state index in [0.29, 0.717) is 12.1 Å². The van der Waals surface area contributed by atoms with Crippen LogP contribution in [0.3, 0.4) is 0 Å². The van der Waals surface area contributed by atoms with E-state index in [0.717, 1.165) is 25.5 Å². The van der Waals surface area contributed by atoms with Crippen molar-refractivity contribution >= 4 is 5.82 Å². The Kier molecular flexibility index (Phi) is 3.99. The zero-order valence-electron chi connectivity index (χ0n) is 11.6. The molecule has 0 amide bonds. The fourth-order valence-electron chi connectivity index (χ4n) is 3.27. The number of anilines is 1. The van der Waals surface area contributed by atoms with Crippen molar-refractivity contribution in [1.82, 2.24) is 9.88 Å². The van der Waals surface area contributed by atoms with Crippen molar-refractivity contribution in [3.05, 3.63) is 23.9 Å². The van der Waals surface area contributed by atoms with E-state index < -0.39 is 0 Å². The number of morpholine rings is 1. The van der Waals surface area contributed by atoms with Gasteiger partial charge in [-0.3, -0.25) is 4.90 Å². The lowest BCUT2D eigenvalue weighted by atomic mass is 9.90. The first-order valence-electron chi connectivity index (χ1n) is 7.35. The molecule has 1 aliphatic heterocycles. The molecule has 0 spiro atoms. The number of rotatable bonds is 3. The highest BCUT2D eigenvalue weighted by molar-refractivity contribution is 5.34. The summed E-state index contributed by atoms with van der Waals surface area (Å²) < 4.78 is 5.92. The molecule has 2 atom stereocenters. The summed E-state index contributed by atoms with van der Waals surface area (Å²) in [5.74, 6) is 0.932. The Bertz CT molecular complexity index is 404. The predicted molar refractivity (Wildman–Crippen MR) is 76.2 cm³/mol. The Morgan fingerprint density at radius 2 is 2.26 bits per heavy atom. The molecule has 1 saturated carbocycles. The van der Waals surface area contributed by atoms with Gasteiger partial charge in [-0.15, -0.1) is 0 Å². The number of pyridine rings is 1. The molecule has 104 valence electrons. The standard InChI is InChI=1S/C15H23N3O/c1-16-15-7-6-12(10-17-15)11-18-8-9-19-14-5-3-2-4-13(14)18/h6-7,10,13-14H,2-5,8-9,11H2,1H3,(H,16,17). The second kappa shape index (κ2) is 5.88. The number of aromatic nitrogens is 1. The highest BCUT2D eigenvalue weighted by Gasteiger charge is 2.33. The summed E-state index contributed by atoms with van der Waals surface area (Å²) >= 11 is 0. The van der Waals surface area contributed by atoms with E-state index >= 15 is 0 Å². The van der Waals surface area contributed by atoms with Crippen molar-refractivity contribution in [2.45, 2.75) is 44.4 Å². The predicted octanol–water partition coefficient (Wildman–Crippen LogP) is 2.27. The number of fused-ring (bicyclic) bond motifs is 1. The molecule has 1 N–H and O–H groups in total. The van der Waals surface area contributed by atoms with Gasteiger partial charge in [0.25, 0.3) is 0 Å². The fourth-order valence-corrected chi connectivity index (χ4v) is 3.27. The highest BCUT2D eigenvalue weighted by Crippen LogP contribution is 2.29. The van der Waals surface area contributed by atoms with Gasteiger partial charge >= 0.3 is 0 Å². The summed E-state index contributed by atoms with van der Waals surface area (Å²) in [5, 5.41) is 3.06. The number of hydrogen-bond acceptors (Lipinski definition) is 4. The number of hydrogen-bond donors (Lipinski definition) is 1. The average Bonchev–Trinajstić information content (AvgIpc) is 2.48. The Morgan fingerprint density at radius 3 is 3.05 bits per heavy atom. The van der Waals surface area contributed by atoms with Crippen LogP contribution in [0.15, 0.2) is 18.3 Å². The first-order chi connectivity index (χ1) is 9.36. The van der Waals surface area contributed by atoms with E-state index in [2.05, 4.69) is 21.3 Å². The number of nitrogens with one attached hydrogen (secondary N) is 1. The molecular formula is C15H23N3O. The molecule has 0 radical (unpaired) electrons. The quantitative estimate of drug-likeness (QED) is 0.905. The second-order valence-corrected chi connectivity index (χ2v) is 5.53. The topological polar surface area (TPSA) is 37.4 Å². The van der Waals surface area contributed by atoms with E-state index in [1.165, 1.54) is 31.2 Å². The summed E-state index contributed by atoms with van der Waals surface area (Å²) in [6, 6.07) is 4.84. The van der Waals surface area contributed by atoms with Gasteiger partial charge in [0, 0.05) is 32.4 Å². The van der Waals surface area contributed by atoms with Crippen LogP contribution in [-0.4, -0.2) is 42.2 Å². The van der Waals surface area contributed by atoms with Crippen LogP contribution < -0.4 is 5.32 Å². The van der Waals surface area contributed by atoms with E-state index in [1.807, 2.05) is 19.3 Å². The lowest BCUT2D eigenvalue weighted by Crippen LogP contribution is -2.52. The molecule has 19 heavy (non-hydrogen) atoms. The third-order valence-corrected chi connectivity index (χ3v) is 4.31. The maximum atomic E-state index is 5.92. The van der Waals surface area contributed by atoms with Crippen LogP contribution in [0.2, 0.25) is 0 Å². The van der Waals surface area contributed by atoms with Crippen molar-refractivity contribution in [3.63, 3.8) is 0 Å². The molecule has 4 heteroatoms. The largest absolute Gasteiger partial charge is 0.375 e. The molecule has 3 rings (SSSR count). The van der Waals surface area contributed by atoms with Crippen molar-refractivity contribution in [2.24, 2.45) is 0 Å². The van der Waals surface area contributed by atoms with Gasteiger partial charge in [-0.2, -0.15) is 0 Å². The normalized spacial score (nSPS) is 27.8. The van der Waals surface area contributed by atoms with Crippen molar-refractivity contribution in [1.29, 1.82) is 0 Å². The van der Waals surface area contributed by atoms with E-state index in [1.54, 1.807) is 0 Å². The van der Waals surface area contributed by atoms with E-state index in [-0.39, 0.29) is 0 Å². The lowest BCUT2D eigenvalue weighted by Gasteiger charge is -2.43. The zero-order chi connectivity index (χ0) is 13.1. The Morgan fingerprint density at radius 1 is 1.37 bits per heavy atom. The minimum atomic E-state index is 0.465. The van der Waals surface area contributed by atoms with Gasteiger partial charge in [0.15, 0.2) is 0 Å². The molecular weight excluding hydrogens is 238 g/mol. The summed E-state index contributed by atoms with van der Waals surface area (Å²) in [6.45, 7) is 2.93. The van der Waals surface area contributed by atoms with Gasteiger partial charge in [0.2, 0.25) is 0 Å². The average molecular weight is 261 g/mol. The van der Waals surface area contributed by atoms with Gasteiger partial charge in [-0.05, 0) is 24.5 Å². The second-order valence-electron chi connectivity index (χ2n) is 5.53. The molecule has 1 saturated heterocycles. The van der Waals surface area contributed by atoms with Gasteiger partial charge in [0.05, 0.1) is 12.7 Å². The molecule has 1 aliphatic carbocycles. The highest BCUT2D eigenvalue weighted by atomic mass is 16.5. The van der Waals surface area contributed by atoms with E-state index in [4.69, 9.17) is 4.74 Å². The number of nitrogens with zero attached hydrogens (tertiary/aromatic N) is 2. The van der Waals surface area contributed by atoms with Crippen molar-refractivity contribution in [2.75, 3.05) is 25.5 Å². The summed E-state index contributed by atoms with van der Waals surface area (Å²) in [6.07, 6.45) is 7.64. The number of ether oxygens (including phenoxy) is 1. The van der Waals surface area contributed by atoms with Crippen LogP contribution in [-0.2, 0) is 11.3 Å². The molecule has 2 heterocycles. The van der Waals surface area contributed by atoms with Crippen LogP contribution in [0.1, 0.15) is 31.2 Å². The minimum Gasteiger partial charge on any atom is -0.375 e. The van der Waals surface area contributed by atoms with Crippen molar-refractivity contribution < 1.29 is 4.74 Å². The van der Waals surface area contributed by atoms with Crippen molar-refractivity contribution in [3.8, 4) is 0 Å². The molecule has 1 aromatic heterocycles. The molecule has 2 unspecified atom stereocenters. The Balaban J connectivity index is 1.66. The lowest BCUT2D eigenvalue weighted by molar-refractivity contribution is -0.0911. The summed E-state index contributed by atoms with van der Waals surface area (Å²) in [4.78, 5) is 6.98. The molecule has 0 aromatic carbocycles. The molecule has 2 aliphatic rings. The zero-order valence-corrected chi connectivity index (χ0v) is 11.6. The summed E-state index contributed by atoms with van der Waals surface area (Å²) in [7, 11) is 1.90. The van der Waals surface area contributed by atoms with Gasteiger partial charge in [0.1, 0.15) is 5.82 Å². The van der Waals surface area contributed by atoms with Crippen LogP contribution >= 0.6 is 0 Å². The fraction of sp³-hybridized carbons (Fsp3) is 0.667. The monoisotopic (exact) mass is 261 g/mol. The Hall–Kier alpha value is -1.13. The van der Waals surface area contributed by atoms with Crippen LogP contribution in [0.4, 0.5) is 5.82 Å². The summed E-state index contributed by atoms with van der Waals surface area (Å²) in [5.41, 5.74) is 1.30. The smallest absolute Gasteiger partial charge is 0.125 e. The third kappa shape index (κ3) is 2.90. The van der Waals surface area contributed by atoms with Gasteiger partial charge in [-0.1, -0.05) is 18.9 Å². The Labute approximate surface area is 115 Å². The van der Waals surface area contributed by atoms with Gasteiger partial charge < -0.3 is 10.1 Å². The minimum absolute atomic E-state index is 0.465. The van der Waals surface area contributed by atoms with Gasteiger partial charge in [-0.25, -0.2) is 4.98 Å². The maximum absolute atomic E-state index is 5.92. The first kappa shape index (κ1) is 12.9. The van der Waals surface area contributed by atoms with Crippen LogP contribution in [0.25, 0.3) is 0 Å². The SMILES string of the molecule is CNc1ccc(CN2CCOC3CCCCC32)cn1. The van der Waals surface area contributed by atoms with E-state index in [9.17, 15) is 0 Å². The molecule has 2 fully saturated rings. The van der Waals surface area contributed by atoms with Crippen LogP contribution in [0.5, 0.6) is 0 Å². The maximum Gasteiger partial charge on any atom is 0.125 e. The van der Waals surface area contributed by atoms with Crippen LogP contribution in [0, 0.1) is 0 Å². The first-order valence-corrected chi connectivity index (χ1v) is 7.35. The molecule has 4 nitrogen and oxygen atoms in total. The molecule has 1 aromatic rings. The third-order valence-electron chi connectivity index (χ3n) is 4.31.